The molecule has 2 rings (SSSR count). The highest BCUT2D eigenvalue weighted by Gasteiger charge is 2.25. The Kier molecular flexibility index (Phi) is 4.65. The predicted molar refractivity (Wildman–Crippen MR) is 75.2 cm³/mol. The molecule has 1 aromatic heterocycles. The molecule has 3 N–H and O–H groups in total. The highest BCUT2D eigenvalue weighted by molar-refractivity contribution is 7.89. The summed E-state index contributed by atoms with van der Waals surface area (Å²) in [4.78, 5) is 3.29. The van der Waals surface area contributed by atoms with Crippen LogP contribution in [0.1, 0.15) is 31.9 Å². The number of aromatic amines is 1. The summed E-state index contributed by atoms with van der Waals surface area (Å²) >= 11 is 0. The lowest BCUT2D eigenvalue weighted by molar-refractivity contribution is 0.414. The summed E-state index contributed by atoms with van der Waals surface area (Å²) in [6, 6.07) is 1.68. The molecule has 19 heavy (non-hydrogen) atoms. The largest absolute Gasteiger partial charge is 0.363 e. The van der Waals surface area contributed by atoms with Crippen molar-refractivity contribution in [2.75, 3.05) is 13.6 Å². The summed E-state index contributed by atoms with van der Waals surface area (Å²) < 4.78 is 27.1. The Morgan fingerprint density at radius 2 is 2.21 bits per heavy atom. The lowest BCUT2D eigenvalue weighted by Crippen LogP contribution is -2.30. The zero-order valence-electron chi connectivity index (χ0n) is 11.6. The van der Waals surface area contributed by atoms with Crippen molar-refractivity contribution in [3.8, 4) is 0 Å². The fraction of sp³-hybridized carbons (Fsp3) is 0.692. The van der Waals surface area contributed by atoms with E-state index >= 15 is 0 Å². The number of aromatic nitrogens is 1. The third-order valence-electron chi connectivity index (χ3n) is 3.97. The number of hydrogen-bond donors (Lipinski definition) is 3. The summed E-state index contributed by atoms with van der Waals surface area (Å²) in [6.07, 6.45) is 5.10. The predicted octanol–water partition coefficient (Wildman–Crippen LogP) is 1.45. The topological polar surface area (TPSA) is 74.0 Å². The normalized spacial score (nSPS) is 23.9. The smallest absolute Gasteiger partial charge is 0.242 e. The Bertz CT molecular complexity index is 510. The number of rotatable bonds is 6. The average Bonchev–Trinajstić information content (AvgIpc) is 2.97. The minimum Gasteiger partial charge on any atom is -0.363 e. The first-order valence-electron chi connectivity index (χ1n) is 6.84. The van der Waals surface area contributed by atoms with E-state index in [1.165, 1.54) is 12.8 Å². The highest BCUT2D eigenvalue weighted by atomic mass is 32.2. The number of nitrogens with one attached hydrogen (secondary N) is 3. The van der Waals surface area contributed by atoms with E-state index in [4.69, 9.17) is 0 Å². The standard InChI is InChI=1S/C13H23N3O2S/c1-10-4-3-5-11(10)7-16-19(17,18)13-6-12(8-14-2)15-9-13/h6,9-11,14-16H,3-5,7-8H2,1-2H3. The van der Waals surface area contributed by atoms with Crippen LogP contribution >= 0.6 is 0 Å². The van der Waals surface area contributed by atoms with Crippen LogP contribution in [0.3, 0.4) is 0 Å². The summed E-state index contributed by atoms with van der Waals surface area (Å²) in [6.45, 7) is 3.39. The zero-order chi connectivity index (χ0) is 13.9. The molecular weight excluding hydrogens is 262 g/mol. The molecule has 6 heteroatoms. The van der Waals surface area contributed by atoms with Gasteiger partial charge in [0.05, 0.1) is 4.90 Å². The van der Waals surface area contributed by atoms with E-state index in [1.807, 2.05) is 7.05 Å². The first-order chi connectivity index (χ1) is 9.03. The molecule has 0 aliphatic heterocycles. The summed E-state index contributed by atoms with van der Waals surface area (Å²) in [5, 5.41) is 2.98. The van der Waals surface area contributed by atoms with Crippen molar-refractivity contribution in [3.63, 3.8) is 0 Å². The molecule has 1 aliphatic rings. The lowest BCUT2D eigenvalue weighted by Gasteiger charge is -2.15. The molecule has 0 aromatic carbocycles. The van der Waals surface area contributed by atoms with Crippen molar-refractivity contribution < 1.29 is 8.42 Å². The molecular formula is C13H23N3O2S. The van der Waals surface area contributed by atoms with Crippen molar-refractivity contribution >= 4 is 10.0 Å². The van der Waals surface area contributed by atoms with Gasteiger partial charge in [0, 0.05) is 25.0 Å². The molecule has 0 spiro atoms. The van der Waals surface area contributed by atoms with Gasteiger partial charge in [-0.3, -0.25) is 0 Å². The molecule has 108 valence electrons. The Morgan fingerprint density at radius 3 is 2.84 bits per heavy atom. The second-order valence-corrected chi connectivity index (χ2v) is 7.18. The van der Waals surface area contributed by atoms with Gasteiger partial charge in [-0.2, -0.15) is 0 Å². The van der Waals surface area contributed by atoms with Crippen LogP contribution in [0, 0.1) is 11.8 Å². The average molecular weight is 285 g/mol. The second-order valence-electron chi connectivity index (χ2n) is 5.41. The quantitative estimate of drug-likeness (QED) is 0.740. The summed E-state index contributed by atoms with van der Waals surface area (Å²) in [5.41, 5.74) is 0.872. The van der Waals surface area contributed by atoms with E-state index in [2.05, 4.69) is 21.9 Å². The van der Waals surface area contributed by atoms with Crippen LogP contribution in [-0.2, 0) is 16.6 Å². The first kappa shape index (κ1) is 14.6. The van der Waals surface area contributed by atoms with Crippen molar-refractivity contribution in [3.05, 3.63) is 18.0 Å². The second kappa shape index (κ2) is 6.07. The van der Waals surface area contributed by atoms with Gasteiger partial charge in [0.25, 0.3) is 0 Å². The molecule has 5 nitrogen and oxygen atoms in total. The molecule has 1 saturated carbocycles. The van der Waals surface area contributed by atoms with Gasteiger partial charge in [-0.25, -0.2) is 13.1 Å². The van der Waals surface area contributed by atoms with E-state index in [0.717, 1.165) is 12.1 Å². The Labute approximate surface area is 115 Å². The lowest BCUT2D eigenvalue weighted by atomic mass is 9.99. The van der Waals surface area contributed by atoms with Gasteiger partial charge in [0.15, 0.2) is 0 Å². The fourth-order valence-electron chi connectivity index (χ4n) is 2.69. The van der Waals surface area contributed by atoms with Crippen LogP contribution in [0.5, 0.6) is 0 Å². The third kappa shape index (κ3) is 3.58. The van der Waals surface area contributed by atoms with Crippen LogP contribution in [0.4, 0.5) is 0 Å². The fourth-order valence-corrected chi connectivity index (χ4v) is 3.80. The summed E-state index contributed by atoms with van der Waals surface area (Å²) in [5.74, 6) is 1.10. The van der Waals surface area contributed by atoms with E-state index < -0.39 is 10.0 Å². The van der Waals surface area contributed by atoms with Crippen molar-refractivity contribution in [2.24, 2.45) is 11.8 Å². The Hall–Kier alpha value is -0.850. The van der Waals surface area contributed by atoms with Crippen LogP contribution in [0.25, 0.3) is 0 Å². The van der Waals surface area contributed by atoms with Gasteiger partial charge in [0.1, 0.15) is 0 Å². The Balaban J connectivity index is 1.97. The summed E-state index contributed by atoms with van der Waals surface area (Å²) in [7, 11) is -1.55. The van der Waals surface area contributed by atoms with E-state index in [1.54, 1.807) is 12.3 Å². The maximum absolute atomic E-state index is 12.2. The maximum Gasteiger partial charge on any atom is 0.242 e. The van der Waals surface area contributed by atoms with Crippen LogP contribution in [0.2, 0.25) is 0 Å². The highest BCUT2D eigenvalue weighted by Crippen LogP contribution is 2.30. The molecule has 2 unspecified atom stereocenters. The van der Waals surface area contributed by atoms with Gasteiger partial charge in [-0.05, 0) is 31.4 Å². The molecule has 1 fully saturated rings. The van der Waals surface area contributed by atoms with E-state index in [-0.39, 0.29) is 0 Å². The molecule has 0 radical (unpaired) electrons. The minimum absolute atomic E-state index is 0.323. The van der Waals surface area contributed by atoms with Gasteiger partial charge < -0.3 is 10.3 Å². The zero-order valence-corrected chi connectivity index (χ0v) is 12.4. The van der Waals surface area contributed by atoms with Crippen LogP contribution < -0.4 is 10.0 Å². The number of hydrogen-bond acceptors (Lipinski definition) is 3. The molecule has 0 amide bonds. The van der Waals surface area contributed by atoms with E-state index in [0.29, 0.717) is 29.8 Å². The van der Waals surface area contributed by atoms with Crippen LogP contribution in [-0.4, -0.2) is 27.0 Å². The van der Waals surface area contributed by atoms with Crippen molar-refractivity contribution in [1.29, 1.82) is 0 Å². The van der Waals surface area contributed by atoms with Gasteiger partial charge >= 0.3 is 0 Å². The molecule has 0 saturated heterocycles. The van der Waals surface area contributed by atoms with Gasteiger partial charge in [-0.15, -0.1) is 0 Å². The van der Waals surface area contributed by atoms with Crippen molar-refractivity contribution in [2.45, 2.75) is 37.6 Å². The van der Waals surface area contributed by atoms with Gasteiger partial charge in [-0.1, -0.05) is 19.8 Å². The maximum atomic E-state index is 12.2. The third-order valence-corrected chi connectivity index (χ3v) is 5.37. The SMILES string of the molecule is CNCc1cc(S(=O)(=O)NCC2CCCC2C)c[nH]1. The van der Waals surface area contributed by atoms with Gasteiger partial charge in [0.2, 0.25) is 10.0 Å². The van der Waals surface area contributed by atoms with E-state index in [9.17, 15) is 8.42 Å². The number of H-pyrrole nitrogens is 1. The van der Waals surface area contributed by atoms with Crippen LogP contribution in [0.15, 0.2) is 17.2 Å². The molecule has 2 atom stereocenters. The molecule has 1 aliphatic carbocycles. The monoisotopic (exact) mass is 285 g/mol. The molecule has 1 aromatic rings. The molecule has 0 bridgehead atoms. The van der Waals surface area contributed by atoms with Crippen molar-refractivity contribution in [1.82, 2.24) is 15.0 Å². The minimum atomic E-state index is -3.38. The number of sulfonamides is 1. The molecule has 1 heterocycles. The Morgan fingerprint density at radius 1 is 1.42 bits per heavy atom. The first-order valence-corrected chi connectivity index (χ1v) is 8.33.